The number of hydrazine groups is 1. The van der Waals surface area contributed by atoms with Gasteiger partial charge in [0.2, 0.25) is 0 Å². The first kappa shape index (κ1) is 14.8. The van der Waals surface area contributed by atoms with Crippen molar-refractivity contribution in [2.75, 3.05) is 6.26 Å². The van der Waals surface area contributed by atoms with Crippen molar-refractivity contribution >= 4 is 29.6 Å². The fraction of sp³-hybridized carbons (Fsp3) is 0.727. The summed E-state index contributed by atoms with van der Waals surface area (Å²) in [5.41, 5.74) is 1.46. The van der Waals surface area contributed by atoms with Crippen molar-refractivity contribution in [3.8, 4) is 0 Å². The van der Waals surface area contributed by atoms with Gasteiger partial charge in [-0.1, -0.05) is 13.8 Å². The average molecular weight is 273 g/mol. The highest BCUT2D eigenvalue weighted by molar-refractivity contribution is 7.99. The van der Waals surface area contributed by atoms with Crippen molar-refractivity contribution < 1.29 is 14.4 Å². The molecule has 0 aromatic rings. The smallest absolute Gasteiger partial charge is 0.322 e. The standard InChI is InChI=1S/C11H19N3O3S/c1-5-7(18-4)8(15)13-14-9(16)11(3,6-2)12-10(14)17/h7H,5-6H2,1-4H3,(H,12,17)(H,13,15). The number of imide groups is 1. The van der Waals surface area contributed by atoms with E-state index in [1.54, 1.807) is 13.8 Å². The van der Waals surface area contributed by atoms with Crippen LogP contribution in [0.5, 0.6) is 0 Å². The molecule has 0 aromatic carbocycles. The van der Waals surface area contributed by atoms with Gasteiger partial charge in [0.25, 0.3) is 11.8 Å². The number of nitrogens with zero attached hydrogens (tertiary/aromatic N) is 1. The highest BCUT2D eigenvalue weighted by atomic mass is 32.2. The largest absolute Gasteiger partial charge is 0.344 e. The molecular formula is C11H19N3O3S. The zero-order chi connectivity index (χ0) is 13.9. The molecule has 1 aliphatic heterocycles. The molecule has 0 radical (unpaired) electrons. The van der Waals surface area contributed by atoms with Crippen LogP contribution in [0.4, 0.5) is 4.79 Å². The molecule has 1 heterocycles. The Morgan fingerprint density at radius 1 is 1.50 bits per heavy atom. The highest BCUT2D eigenvalue weighted by Gasteiger charge is 2.47. The second kappa shape index (κ2) is 5.60. The van der Waals surface area contributed by atoms with Gasteiger partial charge in [0, 0.05) is 0 Å². The van der Waals surface area contributed by atoms with E-state index in [0.717, 1.165) is 5.01 Å². The van der Waals surface area contributed by atoms with Gasteiger partial charge in [0.1, 0.15) is 5.54 Å². The molecule has 6 nitrogen and oxygen atoms in total. The Morgan fingerprint density at radius 3 is 2.50 bits per heavy atom. The summed E-state index contributed by atoms with van der Waals surface area (Å²) in [6, 6.07) is -0.575. The number of nitrogens with one attached hydrogen (secondary N) is 2. The van der Waals surface area contributed by atoms with Crippen LogP contribution in [0.1, 0.15) is 33.6 Å². The molecule has 1 aliphatic rings. The Labute approximate surface area is 111 Å². The third kappa shape index (κ3) is 2.60. The molecule has 0 aliphatic carbocycles. The minimum Gasteiger partial charge on any atom is -0.322 e. The number of rotatable bonds is 5. The van der Waals surface area contributed by atoms with Gasteiger partial charge in [-0.25, -0.2) is 4.79 Å². The summed E-state index contributed by atoms with van der Waals surface area (Å²) >= 11 is 1.39. The molecule has 1 saturated heterocycles. The van der Waals surface area contributed by atoms with E-state index in [1.165, 1.54) is 11.8 Å². The molecule has 7 heteroatoms. The minimum absolute atomic E-state index is 0.265. The summed E-state index contributed by atoms with van der Waals surface area (Å²) in [4.78, 5) is 35.5. The van der Waals surface area contributed by atoms with Crippen LogP contribution in [0, 0.1) is 0 Å². The third-order valence-corrected chi connectivity index (χ3v) is 4.25. The van der Waals surface area contributed by atoms with Gasteiger partial charge in [-0.2, -0.15) is 16.8 Å². The van der Waals surface area contributed by atoms with Crippen LogP contribution < -0.4 is 10.7 Å². The van der Waals surface area contributed by atoms with Crippen LogP contribution in [0.2, 0.25) is 0 Å². The van der Waals surface area contributed by atoms with Gasteiger partial charge < -0.3 is 5.32 Å². The Bertz CT molecular complexity index is 371. The number of thioether (sulfide) groups is 1. The van der Waals surface area contributed by atoms with Gasteiger partial charge in [0.05, 0.1) is 5.25 Å². The van der Waals surface area contributed by atoms with Gasteiger partial charge in [-0.05, 0) is 26.0 Å². The van der Waals surface area contributed by atoms with Gasteiger partial charge in [-0.3, -0.25) is 15.0 Å². The van der Waals surface area contributed by atoms with Crippen molar-refractivity contribution in [1.82, 2.24) is 15.8 Å². The summed E-state index contributed by atoms with van der Waals surface area (Å²) in [5, 5.41) is 3.09. The van der Waals surface area contributed by atoms with Gasteiger partial charge in [-0.15, -0.1) is 0 Å². The van der Waals surface area contributed by atoms with E-state index in [4.69, 9.17) is 0 Å². The molecule has 2 atom stereocenters. The monoisotopic (exact) mass is 273 g/mol. The first-order chi connectivity index (χ1) is 8.39. The van der Waals surface area contributed by atoms with Crippen molar-refractivity contribution in [2.45, 2.75) is 44.4 Å². The molecule has 4 amide bonds. The highest BCUT2D eigenvalue weighted by Crippen LogP contribution is 2.20. The summed E-state index contributed by atoms with van der Waals surface area (Å²) in [6.45, 7) is 5.33. The number of carbonyl (C=O) groups is 3. The first-order valence-electron chi connectivity index (χ1n) is 5.89. The van der Waals surface area contributed by atoms with E-state index in [1.807, 2.05) is 13.2 Å². The molecule has 0 bridgehead atoms. The second-order valence-corrected chi connectivity index (χ2v) is 5.41. The van der Waals surface area contributed by atoms with Crippen molar-refractivity contribution in [3.05, 3.63) is 0 Å². The molecule has 1 rings (SSSR count). The summed E-state index contributed by atoms with van der Waals surface area (Å²) in [5.74, 6) is -0.742. The van der Waals surface area contributed by atoms with Crippen LogP contribution in [0.25, 0.3) is 0 Å². The predicted octanol–water partition coefficient (Wildman–Crippen LogP) is 0.880. The van der Waals surface area contributed by atoms with Crippen LogP contribution in [0.3, 0.4) is 0 Å². The second-order valence-electron chi connectivity index (χ2n) is 4.37. The summed E-state index contributed by atoms with van der Waals surface area (Å²) < 4.78 is 0. The zero-order valence-electron chi connectivity index (χ0n) is 11.1. The van der Waals surface area contributed by atoms with Gasteiger partial charge in [0.15, 0.2) is 0 Å². The Hall–Kier alpha value is -1.24. The normalized spacial score (nSPS) is 25.0. The number of carbonyl (C=O) groups excluding carboxylic acids is 3. The molecule has 2 unspecified atom stereocenters. The van der Waals surface area contributed by atoms with Gasteiger partial charge >= 0.3 is 6.03 Å². The number of urea groups is 1. The average Bonchev–Trinajstić information content (AvgIpc) is 2.55. The minimum atomic E-state index is -0.925. The molecule has 0 saturated carbocycles. The van der Waals surface area contributed by atoms with Crippen LogP contribution in [-0.2, 0) is 9.59 Å². The Kier molecular flexibility index (Phi) is 4.61. The number of hydrogen-bond acceptors (Lipinski definition) is 4. The summed E-state index contributed by atoms with van der Waals surface area (Å²) in [7, 11) is 0. The van der Waals surface area contributed by atoms with Crippen molar-refractivity contribution in [3.63, 3.8) is 0 Å². The lowest BCUT2D eigenvalue weighted by atomic mass is 10.00. The quantitative estimate of drug-likeness (QED) is 0.729. The molecule has 2 N–H and O–H groups in total. The predicted molar refractivity (Wildman–Crippen MR) is 69.8 cm³/mol. The first-order valence-corrected chi connectivity index (χ1v) is 7.18. The number of hydrogen-bond donors (Lipinski definition) is 2. The van der Waals surface area contributed by atoms with E-state index in [2.05, 4.69) is 10.7 Å². The maximum Gasteiger partial charge on any atom is 0.344 e. The summed E-state index contributed by atoms with van der Waals surface area (Å²) in [6.07, 6.45) is 2.93. The Morgan fingerprint density at radius 2 is 2.11 bits per heavy atom. The maximum atomic E-state index is 12.0. The molecule has 1 fully saturated rings. The van der Waals surface area contributed by atoms with Crippen LogP contribution in [-0.4, -0.2) is 39.9 Å². The Balaban J connectivity index is 2.77. The molecule has 0 aromatic heterocycles. The molecule has 102 valence electrons. The lowest BCUT2D eigenvalue weighted by Crippen LogP contribution is -2.50. The maximum absolute atomic E-state index is 12.0. The van der Waals surface area contributed by atoms with Crippen LogP contribution >= 0.6 is 11.8 Å². The molecule has 18 heavy (non-hydrogen) atoms. The van der Waals surface area contributed by atoms with E-state index in [-0.39, 0.29) is 11.2 Å². The van der Waals surface area contributed by atoms with E-state index in [9.17, 15) is 14.4 Å². The lowest BCUT2D eigenvalue weighted by molar-refractivity contribution is -0.138. The van der Waals surface area contributed by atoms with E-state index >= 15 is 0 Å². The van der Waals surface area contributed by atoms with E-state index in [0.29, 0.717) is 12.8 Å². The molecule has 0 spiro atoms. The third-order valence-electron chi connectivity index (χ3n) is 3.14. The number of amides is 4. The zero-order valence-corrected chi connectivity index (χ0v) is 11.9. The van der Waals surface area contributed by atoms with Crippen molar-refractivity contribution in [1.29, 1.82) is 0 Å². The SMILES string of the molecule is CCC(SC)C(=O)NN1C(=O)NC(C)(CC)C1=O. The fourth-order valence-electron chi connectivity index (χ4n) is 1.67. The topological polar surface area (TPSA) is 78.5 Å². The fourth-order valence-corrected chi connectivity index (χ4v) is 2.27. The van der Waals surface area contributed by atoms with E-state index < -0.39 is 17.5 Å². The van der Waals surface area contributed by atoms with Crippen molar-refractivity contribution in [2.24, 2.45) is 0 Å². The lowest BCUT2D eigenvalue weighted by Gasteiger charge is -2.20. The van der Waals surface area contributed by atoms with Crippen LogP contribution in [0.15, 0.2) is 0 Å². The molecular weight excluding hydrogens is 254 g/mol.